The van der Waals surface area contributed by atoms with E-state index < -0.39 is 5.51 Å². The molecule has 1 fully saturated rings. The van der Waals surface area contributed by atoms with Gasteiger partial charge in [-0.3, -0.25) is 0 Å². The molecule has 1 aromatic rings. The van der Waals surface area contributed by atoms with Crippen LogP contribution >= 0.6 is 11.8 Å². The standard InChI is InChI=1S/C16H22F3NS/c1-12(14-5-3-2-4-6-14)20-11-13-7-9-15(10-8-13)21-16(17,18)19/h7-10,12,14,20H,2-6,11H2,1H3. The molecule has 0 aliphatic heterocycles. The van der Waals surface area contributed by atoms with Crippen LogP contribution in [0.2, 0.25) is 0 Å². The summed E-state index contributed by atoms with van der Waals surface area (Å²) in [6.07, 6.45) is 6.56. The van der Waals surface area contributed by atoms with Crippen molar-refractivity contribution in [2.24, 2.45) is 5.92 Å². The molecule has 1 aliphatic rings. The van der Waals surface area contributed by atoms with Gasteiger partial charge in [0.1, 0.15) is 0 Å². The summed E-state index contributed by atoms with van der Waals surface area (Å²) in [6.45, 7) is 2.93. The number of rotatable bonds is 5. The van der Waals surface area contributed by atoms with E-state index in [1.807, 2.05) is 0 Å². The number of hydrogen-bond acceptors (Lipinski definition) is 2. The van der Waals surface area contributed by atoms with Gasteiger partial charge in [-0.2, -0.15) is 13.2 Å². The van der Waals surface area contributed by atoms with E-state index in [9.17, 15) is 13.2 Å². The summed E-state index contributed by atoms with van der Waals surface area (Å²) in [5, 5.41) is 3.51. The number of nitrogens with one attached hydrogen (secondary N) is 1. The summed E-state index contributed by atoms with van der Waals surface area (Å²) in [5.41, 5.74) is -3.18. The first-order valence-electron chi connectivity index (χ1n) is 7.52. The summed E-state index contributed by atoms with van der Waals surface area (Å²) < 4.78 is 36.8. The molecule has 0 saturated heterocycles. The highest BCUT2D eigenvalue weighted by molar-refractivity contribution is 8.00. The Labute approximate surface area is 128 Å². The van der Waals surface area contributed by atoms with Gasteiger partial charge in [0.05, 0.1) is 0 Å². The Balaban J connectivity index is 1.80. The monoisotopic (exact) mass is 317 g/mol. The van der Waals surface area contributed by atoms with Gasteiger partial charge in [0.15, 0.2) is 0 Å². The van der Waals surface area contributed by atoms with Gasteiger partial charge in [-0.25, -0.2) is 0 Å². The molecule has 1 aromatic carbocycles. The first-order chi connectivity index (χ1) is 9.94. The van der Waals surface area contributed by atoms with E-state index in [2.05, 4.69) is 12.2 Å². The SMILES string of the molecule is CC(NCc1ccc(SC(F)(F)F)cc1)C1CCCCC1. The van der Waals surface area contributed by atoms with Crippen LogP contribution in [0.25, 0.3) is 0 Å². The molecule has 0 amide bonds. The fourth-order valence-corrected chi connectivity index (χ4v) is 3.43. The lowest BCUT2D eigenvalue weighted by Crippen LogP contribution is -2.34. The van der Waals surface area contributed by atoms with Crippen LogP contribution in [0.3, 0.4) is 0 Å². The van der Waals surface area contributed by atoms with Gasteiger partial charge in [0.2, 0.25) is 0 Å². The van der Waals surface area contributed by atoms with E-state index in [0.29, 0.717) is 12.6 Å². The highest BCUT2D eigenvalue weighted by Crippen LogP contribution is 2.36. The van der Waals surface area contributed by atoms with Crippen molar-refractivity contribution < 1.29 is 13.2 Å². The quantitative estimate of drug-likeness (QED) is 0.734. The molecule has 1 unspecified atom stereocenters. The summed E-state index contributed by atoms with van der Waals surface area (Å²) in [6, 6.07) is 7.10. The maximum absolute atomic E-state index is 12.3. The molecule has 118 valence electrons. The predicted octanol–water partition coefficient (Wildman–Crippen LogP) is 5.36. The maximum atomic E-state index is 12.3. The molecule has 0 bridgehead atoms. The molecule has 0 spiro atoms. The topological polar surface area (TPSA) is 12.0 Å². The largest absolute Gasteiger partial charge is 0.446 e. The van der Waals surface area contributed by atoms with Gasteiger partial charge < -0.3 is 5.32 Å². The van der Waals surface area contributed by atoms with Gasteiger partial charge in [-0.05, 0) is 55.1 Å². The summed E-state index contributed by atoms with van der Waals surface area (Å²) in [7, 11) is 0. The van der Waals surface area contributed by atoms with Crippen LogP contribution in [0, 0.1) is 5.92 Å². The highest BCUT2D eigenvalue weighted by atomic mass is 32.2. The van der Waals surface area contributed by atoms with E-state index in [1.54, 1.807) is 24.3 Å². The summed E-state index contributed by atoms with van der Waals surface area (Å²) >= 11 is -0.0639. The molecule has 0 heterocycles. The van der Waals surface area contributed by atoms with Crippen molar-refractivity contribution in [3.05, 3.63) is 29.8 Å². The minimum absolute atomic E-state index is 0.0639. The molecule has 0 aromatic heterocycles. The fourth-order valence-electron chi connectivity index (χ4n) is 2.89. The average Bonchev–Trinajstić information content (AvgIpc) is 2.45. The van der Waals surface area contributed by atoms with Crippen molar-refractivity contribution >= 4 is 11.8 Å². The molecule has 1 nitrogen and oxygen atoms in total. The zero-order valence-electron chi connectivity index (χ0n) is 12.2. The van der Waals surface area contributed by atoms with Gasteiger partial charge >= 0.3 is 5.51 Å². The van der Waals surface area contributed by atoms with E-state index in [4.69, 9.17) is 0 Å². The zero-order valence-corrected chi connectivity index (χ0v) is 13.1. The third-order valence-electron chi connectivity index (χ3n) is 4.14. The summed E-state index contributed by atoms with van der Waals surface area (Å²) in [5.74, 6) is 0.735. The lowest BCUT2D eigenvalue weighted by molar-refractivity contribution is -0.0328. The Hall–Kier alpha value is -0.680. The molecule has 21 heavy (non-hydrogen) atoms. The van der Waals surface area contributed by atoms with Crippen molar-refractivity contribution in [3.63, 3.8) is 0 Å². The fraction of sp³-hybridized carbons (Fsp3) is 0.625. The molecule has 1 saturated carbocycles. The van der Waals surface area contributed by atoms with Crippen LogP contribution in [0.1, 0.15) is 44.6 Å². The number of benzene rings is 1. The van der Waals surface area contributed by atoms with Crippen LogP contribution in [0.4, 0.5) is 13.2 Å². The Morgan fingerprint density at radius 2 is 1.76 bits per heavy atom. The van der Waals surface area contributed by atoms with Gasteiger partial charge in [0.25, 0.3) is 0 Å². The first kappa shape index (κ1) is 16.7. The van der Waals surface area contributed by atoms with E-state index in [0.717, 1.165) is 11.5 Å². The number of alkyl halides is 3. The number of thioether (sulfide) groups is 1. The molecule has 0 radical (unpaired) electrons. The molecule has 1 atom stereocenters. The van der Waals surface area contributed by atoms with Crippen LogP contribution < -0.4 is 5.32 Å². The zero-order chi connectivity index (χ0) is 15.3. The maximum Gasteiger partial charge on any atom is 0.446 e. The second-order valence-corrected chi connectivity index (χ2v) is 6.90. The van der Waals surface area contributed by atoms with Crippen molar-refractivity contribution in [3.8, 4) is 0 Å². The average molecular weight is 317 g/mol. The van der Waals surface area contributed by atoms with E-state index >= 15 is 0 Å². The lowest BCUT2D eigenvalue weighted by Gasteiger charge is -2.28. The molecular weight excluding hydrogens is 295 g/mol. The summed E-state index contributed by atoms with van der Waals surface area (Å²) in [4.78, 5) is 0.242. The van der Waals surface area contributed by atoms with Crippen LogP contribution in [0.5, 0.6) is 0 Å². The van der Waals surface area contributed by atoms with Crippen molar-refractivity contribution in [2.75, 3.05) is 0 Å². The van der Waals surface area contributed by atoms with Crippen molar-refractivity contribution in [1.29, 1.82) is 0 Å². The molecule has 1 aliphatic carbocycles. The number of halogens is 3. The van der Waals surface area contributed by atoms with E-state index in [1.165, 1.54) is 32.1 Å². The van der Waals surface area contributed by atoms with Crippen molar-refractivity contribution in [2.45, 2.75) is 62.0 Å². The Morgan fingerprint density at radius 3 is 2.33 bits per heavy atom. The molecule has 5 heteroatoms. The van der Waals surface area contributed by atoms with Gasteiger partial charge in [0, 0.05) is 17.5 Å². The third-order valence-corrected chi connectivity index (χ3v) is 4.88. The van der Waals surface area contributed by atoms with Gasteiger partial charge in [-0.15, -0.1) is 0 Å². The molecule has 2 rings (SSSR count). The Morgan fingerprint density at radius 1 is 1.14 bits per heavy atom. The highest BCUT2D eigenvalue weighted by Gasteiger charge is 2.29. The van der Waals surface area contributed by atoms with Crippen LogP contribution in [0.15, 0.2) is 29.2 Å². The third kappa shape index (κ3) is 5.91. The Kier molecular flexibility index (Phi) is 5.99. The predicted molar refractivity (Wildman–Crippen MR) is 81.2 cm³/mol. The molecule has 1 N–H and O–H groups in total. The lowest BCUT2D eigenvalue weighted by atomic mass is 9.84. The van der Waals surface area contributed by atoms with Crippen molar-refractivity contribution in [1.82, 2.24) is 5.32 Å². The molecular formula is C16H22F3NS. The second-order valence-electron chi connectivity index (χ2n) is 5.76. The second kappa shape index (κ2) is 7.54. The normalized spacial score (nSPS) is 18.7. The van der Waals surface area contributed by atoms with Crippen LogP contribution in [-0.4, -0.2) is 11.6 Å². The number of hydrogen-bond donors (Lipinski definition) is 1. The smallest absolute Gasteiger partial charge is 0.310 e. The van der Waals surface area contributed by atoms with Gasteiger partial charge in [-0.1, -0.05) is 31.4 Å². The van der Waals surface area contributed by atoms with E-state index in [-0.39, 0.29) is 16.7 Å². The minimum Gasteiger partial charge on any atom is -0.310 e. The van der Waals surface area contributed by atoms with Crippen LogP contribution in [-0.2, 0) is 6.54 Å². The Bertz CT molecular complexity index is 424. The minimum atomic E-state index is -4.21. The first-order valence-corrected chi connectivity index (χ1v) is 8.34.